The van der Waals surface area contributed by atoms with Gasteiger partial charge in [0.05, 0.1) is 5.52 Å². The normalized spacial score (nSPS) is 10.9. The molecule has 3 nitrogen and oxygen atoms in total. The average Bonchev–Trinajstić information content (AvgIpc) is 2.32. The third-order valence-electron chi connectivity index (χ3n) is 2.84. The lowest BCUT2D eigenvalue weighted by Crippen LogP contribution is -2.18. The molecule has 0 unspecified atom stereocenters. The van der Waals surface area contributed by atoms with Gasteiger partial charge in [-0.3, -0.25) is 0 Å². The lowest BCUT2D eigenvalue weighted by Gasteiger charge is -2.18. The second kappa shape index (κ2) is 4.67. The Morgan fingerprint density at radius 2 is 1.94 bits per heavy atom. The fraction of sp³-hybridized carbons (Fsp3) is 0.333. The van der Waals surface area contributed by atoms with E-state index in [-0.39, 0.29) is 5.28 Å². The first kappa shape index (κ1) is 12.4. The minimum Gasteiger partial charge on any atom is -0.359 e. The highest BCUT2D eigenvalue weighted by Crippen LogP contribution is 2.30. The summed E-state index contributed by atoms with van der Waals surface area (Å²) in [5, 5.41) is 1.91. The summed E-state index contributed by atoms with van der Waals surface area (Å²) in [4.78, 5) is 10.6. The van der Waals surface area contributed by atoms with Gasteiger partial charge in [0.2, 0.25) is 5.28 Å². The first-order valence-corrected chi connectivity index (χ1v) is 6.13. The van der Waals surface area contributed by atoms with E-state index in [1.807, 2.05) is 31.0 Å². The van der Waals surface area contributed by atoms with E-state index in [1.165, 1.54) is 0 Å². The molecule has 5 heteroatoms. The monoisotopic (exact) mass is 269 g/mol. The van der Waals surface area contributed by atoms with Crippen molar-refractivity contribution in [3.05, 3.63) is 28.0 Å². The predicted molar refractivity (Wildman–Crippen MR) is 73.2 cm³/mol. The number of benzene rings is 1. The van der Waals surface area contributed by atoms with Crippen molar-refractivity contribution >= 4 is 39.9 Å². The summed E-state index contributed by atoms with van der Waals surface area (Å²) in [5.74, 6) is 0.835. The summed E-state index contributed by atoms with van der Waals surface area (Å²) in [6.07, 6.45) is 0. The topological polar surface area (TPSA) is 29.0 Å². The number of rotatable bonds is 2. The molecular formula is C12H13Cl2N3. The number of hydrogen-bond acceptors (Lipinski definition) is 3. The highest BCUT2D eigenvalue weighted by Gasteiger charge is 2.12. The molecule has 0 fully saturated rings. The number of aromatic nitrogens is 2. The molecule has 0 saturated heterocycles. The number of nitrogens with zero attached hydrogens (tertiary/aromatic N) is 3. The lowest BCUT2D eigenvalue weighted by molar-refractivity contribution is 0.940. The largest absolute Gasteiger partial charge is 0.359 e. The van der Waals surface area contributed by atoms with Gasteiger partial charge in [-0.15, -0.1) is 0 Å². The molecule has 0 saturated carbocycles. The van der Waals surface area contributed by atoms with Crippen molar-refractivity contribution in [2.75, 3.05) is 18.5 Å². The second-order valence-corrected chi connectivity index (χ2v) is 4.64. The number of anilines is 1. The van der Waals surface area contributed by atoms with Crippen LogP contribution in [0.4, 0.5) is 5.82 Å². The number of aryl methyl sites for hydroxylation is 1. The molecule has 0 aliphatic carbocycles. The summed E-state index contributed by atoms with van der Waals surface area (Å²) in [7, 11) is 1.97. The zero-order chi connectivity index (χ0) is 12.6. The van der Waals surface area contributed by atoms with Crippen LogP contribution < -0.4 is 4.90 Å². The zero-order valence-electron chi connectivity index (χ0n) is 9.96. The first-order valence-electron chi connectivity index (χ1n) is 5.38. The Morgan fingerprint density at radius 1 is 1.24 bits per heavy atom. The van der Waals surface area contributed by atoms with Gasteiger partial charge in [-0.1, -0.05) is 11.6 Å². The fourth-order valence-electron chi connectivity index (χ4n) is 1.71. The van der Waals surface area contributed by atoms with Crippen molar-refractivity contribution in [3.8, 4) is 0 Å². The number of fused-ring (bicyclic) bond motifs is 1. The van der Waals surface area contributed by atoms with Crippen molar-refractivity contribution in [2.24, 2.45) is 0 Å². The van der Waals surface area contributed by atoms with E-state index in [4.69, 9.17) is 23.2 Å². The Hall–Kier alpha value is -1.06. The maximum Gasteiger partial charge on any atom is 0.224 e. The number of hydrogen-bond donors (Lipinski definition) is 0. The van der Waals surface area contributed by atoms with Crippen molar-refractivity contribution < 1.29 is 0 Å². The van der Waals surface area contributed by atoms with Gasteiger partial charge < -0.3 is 4.90 Å². The third-order valence-corrected chi connectivity index (χ3v) is 3.42. The molecule has 90 valence electrons. The molecule has 1 heterocycles. The first-order chi connectivity index (χ1) is 8.04. The zero-order valence-corrected chi connectivity index (χ0v) is 11.5. The van der Waals surface area contributed by atoms with E-state index >= 15 is 0 Å². The highest BCUT2D eigenvalue weighted by atomic mass is 35.5. The molecule has 1 aromatic carbocycles. The van der Waals surface area contributed by atoms with Gasteiger partial charge in [-0.25, -0.2) is 4.98 Å². The molecule has 0 radical (unpaired) electrons. The molecule has 1 aromatic heterocycles. The van der Waals surface area contributed by atoms with Gasteiger partial charge in [-0.2, -0.15) is 4.98 Å². The SMILES string of the molecule is CCN(C)c1nc(Cl)nc2c(C)c(Cl)ccc12. The Morgan fingerprint density at radius 3 is 2.59 bits per heavy atom. The van der Waals surface area contributed by atoms with Crippen LogP contribution in [0.15, 0.2) is 12.1 Å². The van der Waals surface area contributed by atoms with Crippen LogP contribution in [-0.2, 0) is 0 Å². The van der Waals surface area contributed by atoms with Gasteiger partial charge >= 0.3 is 0 Å². The van der Waals surface area contributed by atoms with E-state index in [9.17, 15) is 0 Å². The molecule has 0 amide bonds. The van der Waals surface area contributed by atoms with Crippen molar-refractivity contribution in [3.63, 3.8) is 0 Å². The summed E-state index contributed by atoms with van der Waals surface area (Å²) in [6, 6.07) is 3.80. The molecule has 2 aromatic rings. The maximum absolute atomic E-state index is 6.09. The van der Waals surface area contributed by atoms with Gasteiger partial charge in [0.25, 0.3) is 0 Å². The molecule has 0 aliphatic heterocycles. The van der Waals surface area contributed by atoms with Gasteiger partial charge in [-0.05, 0) is 43.1 Å². The van der Waals surface area contributed by atoms with Crippen molar-refractivity contribution in [2.45, 2.75) is 13.8 Å². The molecular weight excluding hydrogens is 257 g/mol. The Labute approximate surface area is 110 Å². The van der Waals surface area contributed by atoms with Crippen LogP contribution in [-0.4, -0.2) is 23.6 Å². The van der Waals surface area contributed by atoms with Crippen LogP contribution in [0.3, 0.4) is 0 Å². The summed E-state index contributed by atoms with van der Waals surface area (Å²) >= 11 is 12.0. The predicted octanol–water partition coefficient (Wildman–Crippen LogP) is 3.70. The van der Waals surface area contributed by atoms with Crippen LogP contribution in [0.25, 0.3) is 10.9 Å². The molecule has 17 heavy (non-hydrogen) atoms. The molecule has 0 spiro atoms. The van der Waals surface area contributed by atoms with E-state index in [0.29, 0.717) is 5.02 Å². The van der Waals surface area contributed by atoms with Gasteiger partial charge in [0, 0.05) is 24.0 Å². The smallest absolute Gasteiger partial charge is 0.224 e. The Bertz CT molecular complexity index is 569. The summed E-state index contributed by atoms with van der Waals surface area (Å²) in [5.41, 5.74) is 1.74. The van der Waals surface area contributed by atoms with Gasteiger partial charge in [0.15, 0.2) is 0 Å². The van der Waals surface area contributed by atoms with Crippen LogP contribution >= 0.6 is 23.2 Å². The van der Waals surface area contributed by atoms with Crippen LogP contribution in [0.1, 0.15) is 12.5 Å². The molecule has 0 bridgehead atoms. The van der Waals surface area contributed by atoms with Crippen LogP contribution in [0.5, 0.6) is 0 Å². The van der Waals surface area contributed by atoms with E-state index < -0.39 is 0 Å². The molecule has 0 atom stereocenters. The Balaban J connectivity index is 2.81. The van der Waals surface area contributed by atoms with E-state index in [1.54, 1.807) is 0 Å². The molecule has 0 N–H and O–H groups in total. The molecule has 0 aliphatic rings. The lowest BCUT2D eigenvalue weighted by atomic mass is 10.1. The van der Waals surface area contributed by atoms with E-state index in [2.05, 4.69) is 16.9 Å². The van der Waals surface area contributed by atoms with Crippen LogP contribution in [0.2, 0.25) is 10.3 Å². The second-order valence-electron chi connectivity index (χ2n) is 3.90. The minimum absolute atomic E-state index is 0.248. The third kappa shape index (κ3) is 2.17. The maximum atomic E-state index is 6.09. The average molecular weight is 270 g/mol. The van der Waals surface area contributed by atoms with Crippen molar-refractivity contribution in [1.29, 1.82) is 0 Å². The van der Waals surface area contributed by atoms with Crippen molar-refractivity contribution in [1.82, 2.24) is 9.97 Å². The summed E-state index contributed by atoms with van der Waals surface area (Å²) in [6.45, 7) is 4.85. The quantitative estimate of drug-likeness (QED) is 0.779. The van der Waals surface area contributed by atoms with E-state index in [0.717, 1.165) is 28.8 Å². The standard InChI is InChI=1S/C12H13Cl2N3/c1-4-17(3)11-8-5-6-9(13)7(2)10(8)15-12(14)16-11/h5-6H,4H2,1-3H3. The molecule has 2 rings (SSSR count). The fourth-order valence-corrected chi connectivity index (χ4v) is 2.02. The van der Waals surface area contributed by atoms with Gasteiger partial charge in [0.1, 0.15) is 5.82 Å². The van der Waals surface area contributed by atoms with Crippen LogP contribution in [0, 0.1) is 6.92 Å². The summed E-state index contributed by atoms with van der Waals surface area (Å²) < 4.78 is 0. The number of halogens is 2. The minimum atomic E-state index is 0.248. The highest BCUT2D eigenvalue weighted by molar-refractivity contribution is 6.32. The Kier molecular flexibility index (Phi) is 3.40.